The number of amides is 1. The molecule has 96 valence electrons. The first-order chi connectivity index (χ1) is 7.78. The largest absolute Gasteiger partial charge is 0.481 e. The molecule has 0 heterocycles. The first-order valence-corrected chi connectivity index (χ1v) is 6.28. The van der Waals surface area contributed by atoms with Crippen molar-refractivity contribution in [1.82, 2.24) is 5.32 Å². The highest BCUT2D eigenvalue weighted by Crippen LogP contribution is 2.58. The van der Waals surface area contributed by atoms with E-state index >= 15 is 0 Å². The molecule has 2 rings (SSSR count). The standard InChI is InChI=1S/C13H21NO3/c1-12(2)8(9(12)11(16)17)10(15)14-7-13(3)5-4-6-13/h8-9H,4-7H2,1-3H3,(H,14,15)(H,16,17). The van der Waals surface area contributed by atoms with Crippen LogP contribution in [-0.4, -0.2) is 23.5 Å². The molecule has 2 fully saturated rings. The number of hydrogen-bond donors (Lipinski definition) is 2. The third-order valence-corrected chi connectivity index (χ3v) is 4.63. The minimum absolute atomic E-state index is 0.0875. The van der Waals surface area contributed by atoms with Crippen LogP contribution in [0.25, 0.3) is 0 Å². The molecule has 2 aliphatic rings. The fourth-order valence-electron chi connectivity index (χ4n) is 2.96. The SMILES string of the molecule is CC1(CNC(=O)C2C(C(=O)O)C2(C)C)CCC1. The fraction of sp³-hybridized carbons (Fsp3) is 0.846. The molecular formula is C13H21NO3. The van der Waals surface area contributed by atoms with E-state index in [0.29, 0.717) is 6.54 Å². The third kappa shape index (κ3) is 2.05. The second-order valence-corrected chi connectivity index (χ2v) is 6.50. The molecule has 2 aliphatic carbocycles. The van der Waals surface area contributed by atoms with Crippen molar-refractivity contribution in [2.24, 2.45) is 22.7 Å². The van der Waals surface area contributed by atoms with Crippen molar-refractivity contribution in [2.75, 3.05) is 6.54 Å². The zero-order chi connectivity index (χ0) is 12.8. The fourth-order valence-corrected chi connectivity index (χ4v) is 2.96. The smallest absolute Gasteiger partial charge is 0.307 e. The Morgan fingerprint density at radius 1 is 1.24 bits per heavy atom. The van der Waals surface area contributed by atoms with E-state index < -0.39 is 17.3 Å². The van der Waals surface area contributed by atoms with Crippen molar-refractivity contribution in [3.63, 3.8) is 0 Å². The summed E-state index contributed by atoms with van der Waals surface area (Å²) in [6.07, 6.45) is 3.55. The van der Waals surface area contributed by atoms with Crippen molar-refractivity contribution in [3.8, 4) is 0 Å². The molecule has 1 amide bonds. The first-order valence-electron chi connectivity index (χ1n) is 6.28. The highest BCUT2D eigenvalue weighted by molar-refractivity contribution is 5.91. The predicted octanol–water partition coefficient (Wildman–Crippen LogP) is 1.65. The topological polar surface area (TPSA) is 66.4 Å². The maximum atomic E-state index is 11.9. The summed E-state index contributed by atoms with van der Waals surface area (Å²) in [6, 6.07) is 0. The molecule has 0 radical (unpaired) electrons. The van der Waals surface area contributed by atoms with Gasteiger partial charge < -0.3 is 10.4 Å². The molecule has 2 unspecified atom stereocenters. The molecule has 0 bridgehead atoms. The van der Waals surface area contributed by atoms with Gasteiger partial charge in [-0.2, -0.15) is 0 Å². The zero-order valence-electron chi connectivity index (χ0n) is 10.7. The Hall–Kier alpha value is -1.06. The Morgan fingerprint density at radius 3 is 2.18 bits per heavy atom. The lowest BCUT2D eigenvalue weighted by Gasteiger charge is -2.38. The summed E-state index contributed by atoms with van der Waals surface area (Å²) in [4.78, 5) is 22.9. The zero-order valence-corrected chi connectivity index (χ0v) is 10.7. The molecule has 2 N–H and O–H groups in total. The maximum absolute atomic E-state index is 11.9. The normalized spacial score (nSPS) is 32.4. The van der Waals surface area contributed by atoms with Crippen LogP contribution in [0.1, 0.15) is 40.0 Å². The predicted molar refractivity (Wildman–Crippen MR) is 63.4 cm³/mol. The van der Waals surface area contributed by atoms with Gasteiger partial charge in [-0.1, -0.05) is 27.2 Å². The highest BCUT2D eigenvalue weighted by atomic mass is 16.4. The van der Waals surface area contributed by atoms with Gasteiger partial charge in [-0.15, -0.1) is 0 Å². The maximum Gasteiger partial charge on any atom is 0.307 e. The summed E-state index contributed by atoms with van der Waals surface area (Å²) in [5, 5.41) is 11.9. The Balaban J connectivity index is 1.87. The lowest BCUT2D eigenvalue weighted by molar-refractivity contribution is -0.140. The summed E-state index contributed by atoms with van der Waals surface area (Å²) < 4.78 is 0. The van der Waals surface area contributed by atoms with Crippen molar-refractivity contribution in [2.45, 2.75) is 40.0 Å². The number of hydrogen-bond acceptors (Lipinski definition) is 2. The summed E-state index contributed by atoms with van der Waals surface area (Å²) in [6.45, 7) is 6.55. The molecule has 0 saturated heterocycles. The van der Waals surface area contributed by atoms with Crippen LogP contribution in [0.15, 0.2) is 0 Å². The Labute approximate surface area is 102 Å². The molecular weight excluding hydrogens is 218 g/mol. The Kier molecular flexibility index (Phi) is 2.71. The second-order valence-electron chi connectivity index (χ2n) is 6.50. The van der Waals surface area contributed by atoms with Crippen LogP contribution in [0, 0.1) is 22.7 Å². The van der Waals surface area contributed by atoms with Crippen LogP contribution in [0.5, 0.6) is 0 Å². The Morgan fingerprint density at radius 2 is 1.82 bits per heavy atom. The summed E-state index contributed by atoms with van der Waals surface area (Å²) in [5.74, 6) is -1.82. The van der Waals surface area contributed by atoms with Gasteiger partial charge in [0.15, 0.2) is 0 Å². The van der Waals surface area contributed by atoms with E-state index in [0.717, 1.165) is 12.8 Å². The average Bonchev–Trinajstić information content (AvgIpc) is 2.75. The van der Waals surface area contributed by atoms with Crippen LogP contribution in [0.4, 0.5) is 0 Å². The van der Waals surface area contributed by atoms with Crippen molar-refractivity contribution >= 4 is 11.9 Å². The van der Waals surface area contributed by atoms with Gasteiger partial charge in [0.25, 0.3) is 0 Å². The summed E-state index contributed by atoms with van der Waals surface area (Å²) >= 11 is 0. The third-order valence-electron chi connectivity index (χ3n) is 4.63. The lowest BCUT2D eigenvalue weighted by Crippen LogP contribution is -2.41. The number of carbonyl (C=O) groups is 2. The van der Waals surface area contributed by atoms with Crippen molar-refractivity contribution < 1.29 is 14.7 Å². The molecule has 0 spiro atoms. The molecule has 2 atom stereocenters. The van der Waals surface area contributed by atoms with E-state index in [1.807, 2.05) is 13.8 Å². The van der Waals surface area contributed by atoms with E-state index in [2.05, 4.69) is 12.2 Å². The lowest BCUT2D eigenvalue weighted by atomic mass is 9.70. The molecule has 0 aromatic rings. The first kappa shape index (κ1) is 12.4. The van der Waals surface area contributed by atoms with Gasteiger partial charge in [0, 0.05) is 6.54 Å². The van der Waals surface area contributed by atoms with E-state index in [-0.39, 0.29) is 17.2 Å². The number of carbonyl (C=O) groups excluding carboxylic acids is 1. The van der Waals surface area contributed by atoms with Gasteiger partial charge in [-0.05, 0) is 23.7 Å². The highest BCUT2D eigenvalue weighted by Gasteiger charge is 2.65. The van der Waals surface area contributed by atoms with Gasteiger partial charge in [0.2, 0.25) is 5.91 Å². The summed E-state index contributed by atoms with van der Waals surface area (Å²) in [7, 11) is 0. The van der Waals surface area contributed by atoms with Crippen molar-refractivity contribution in [3.05, 3.63) is 0 Å². The monoisotopic (exact) mass is 239 g/mol. The van der Waals surface area contributed by atoms with E-state index in [9.17, 15) is 9.59 Å². The molecule has 4 nitrogen and oxygen atoms in total. The van der Waals surface area contributed by atoms with E-state index in [1.165, 1.54) is 6.42 Å². The number of carboxylic acid groups (broad SMARTS) is 1. The van der Waals surface area contributed by atoms with Crippen LogP contribution in [-0.2, 0) is 9.59 Å². The number of carboxylic acids is 1. The molecule has 4 heteroatoms. The van der Waals surface area contributed by atoms with Gasteiger partial charge in [-0.3, -0.25) is 9.59 Å². The molecule has 17 heavy (non-hydrogen) atoms. The number of rotatable bonds is 4. The number of nitrogens with one attached hydrogen (secondary N) is 1. The molecule has 0 aliphatic heterocycles. The second kappa shape index (κ2) is 3.72. The van der Waals surface area contributed by atoms with Crippen LogP contribution >= 0.6 is 0 Å². The minimum Gasteiger partial charge on any atom is -0.481 e. The van der Waals surface area contributed by atoms with Gasteiger partial charge >= 0.3 is 5.97 Å². The van der Waals surface area contributed by atoms with Gasteiger partial charge in [0.1, 0.15) is 0 Å². The average molecular weight is 239 g/mol. The van der Waals surface area contributed by atoms with Crippen LogP contribution in [0.3, 0.4) is 0 Å². The molecule has 0 aromatic carbocycles. The van der Waals surface area contributed by atoms with E-state index in [1.54, 1.807) is 0 Å². The molecule has 2 saturated carbocycles. The Bertz CT molecular complexity index is 358. The van der Waals surface area contributed by atoms with Gasteiger partial charge in [0.05, 0.1) is 11.8 Å². The van der Waals surface area contributed by atoms with Crippen molar-refractivity contribution in [1.29, 1.82) is 0 Å². The van der Waals surface area contributed by atoms with E-state index in [4.69, 9.17) is 5.11 Å². The van der Waals surface area contributed by atoms with Gasteiger partial charge in [-0.25, -0.2) is 0 Å². The summed E-state index contributed by atoms with van der Waals surface area (Å²) in [5.41, 5.74) is -0.149. The van der Waals surface area contributed by atoms with Crippen LogP contribution < -0.4 is 5.32 Å². The van der Waals surface area contributed by atoms with Crippen LogP contribution in [0.2, 0.25) is 0 Å². The minimum atomic E-state index is -0.856. The number of aliphatic carboxylic acids is 1. The quantitative estimate of drug-likeness (QED) is 0.784. The molecule has 0 aromatic heterocycles.